The molecule has 6 heteroatoms. The highest BCUT2D eigenvalue weighted by Gasteiger charge is 2.15. The van der Waals surface area contributed by atoms with E-state index in [9.17, 15) is 4.39 Å². The molecule has 0 fully saturated rings. The van der Waals surface area contributed by atoms with Crippen LogP contribution >= 0.6 is 27.5 Å². The molecule has 0 unspecified atom stereocenters. The van der Waals surface area contributed by atoms with Crippen molar-refractivity contribution in [3.8, 4) is 11.5 Å². The smallest absolute Gasteiger partial charge is 0.167 e. The molecule has 0 saturated carbocycles. The van der Waals surface area contributed by atoms with Gasteiger partial charge in [0.15, 0.2) is 11.5 Å². The van der Waals surface area contributed by atoms with Gasteiger partial charge in [0.1, 0.15) is 12.4 Å². The second-order valence-electron chi connectivity index (χ2n) is 6.17. The van der Waals surface area contributed by atoms with Gasteiger partial charge in [0.2, 0.25) is 0 Å². The number of benzene rings is 3. The van der Waals surface area contributed by atoms with Gasteiger partial charge in [0.25, 0.3) is 0 Å². The van der Waals surface area contributed by atoms with Crippen LogP contribution in [0.2, 0.25) is 5.02 Å². The van der Waals surface area contributed by atoms with Crippen LogP contribution in [0.15, 0.2) is 65.1 Å². The molecule has 1 N–H and O–H groups in total. The predicted molar refractivity (Wildman–Crippen MR) is 113 cm³/mol. The summed E-state index contributed by atoms with van der Waals surface area (Å²) in [7, 11) is 1.61. The molecule has 3 nitrogen and oxygen atoms in total. The molecule has 0 aliphatic carbocycles. The van der Waals surface area contributed by atoms with Crippen LogP contribution in [0.4, 0.5) is 4.39 Å². The second kappa shape index (κ2) is 9.92. The van der Waals surface area contributed by atoms with Crippen LogP contribution in [0.1, 0.15) is 16.7 Å². The van der Waals surface area contributed by atoms with Crippen LogP contribution in [-0.4, -0.2) is 7.11 Å². The number of halogens is 3. The van der Waals surface area contributed by atoms with E-state index in [4.69, 9.17) is 21.1 Å². The van der Waals surface area contributed by atoms with Crippen LogP contribution in [0.25, 0.3) is 0 Å². The summed E-state index contributed by atoms with van der Waals surface area (Å²) < 4.78 is 25.5. The number of rotatable bonds is 8. The average molecular weight is 465 g/mol. The Labute approximate surface area is 177 Å². The molecule has 0 aliphatic heterocycles. The summed E-state index contributed by atoms with van der Waals surface area (Å²) in [6.07, 6.45) is 0. The van der Waals surface area contributed by atoms with Gasteiger partial charge in [0, 0.05) is 33.7 Å². The van der Waals surface area contributed by atoms with Crippen molar-refractivity contribution in [3.05, 3.63) is 92.7 Å². The fraction of sp³-hybridized carbons (Fsp3) is 0.182. The molecule has 3 aromatic rings. The van der Waals surface area contributed by atoms with Gasteiger partial charge in [-0.15, -0.1) is 0 Å². The lowest BCUT2D eigenvalue weighted by atomic mass is 10.1. The standard InChI is InChI=1S/C22H20BrClFNO2/c1-27-21-11-10-19(23)18(13-26-12-15-6-8-17(25)9-7-15)22(21)28-14-16-4-2-3-5-20(16)24/h2-11,26H,12-14H2,1H3. The Morgan fingerprint density at radius 2 is 1.75 bits per heavy atom. The SMILES string of the molecule is COc1ccc(Br)c(CNCc2ccc(F)cc2)c1OCc1ccccc1Cl. The van der Waals surface area contributed by atoms with E-state index in [1.165, 1.54) is 12.1 Å². The van der Waals surface area contributed by atoms with Crippen LogP contribution in [0, 0.1) is 5.82 Å². The topological polar surface area (TPSA) is 30.5 Å². The Bertz CT molecular complexity index is 934. The zero-order chi connectivity index (χ0) is 19.9. The summed E-state index contributed by atoms with van der Waals surface area (Å²) in [5.74, 6) is 1.06. The Kier molecular flexibility index (Phi) is 7.31. The number of ether oxygens (including phenoxy) is 2. The van der Waals surface area contributed by atoms with E-state index in [1.54, 1.807) is 19.2 Å². The summed E-state index contributed by atoms with van der Waals surface area (Å²) in [5.41, 5.74) is 2.84. The summed E-state index contributed by atoms with van der Waals surface area (Å²) in [5, 5.41) is 4.03. The molecular weight excluding hydrogens is 445 g/mol. The maximum absolute atomic E-state index is 13.0. The van der Waals surface area contributed by atoms with Crippen LogP contribution in [0.3, 0.4) is 0 Å². The fourth-order valence-corrected chi connectivity index (χ4v) is 3.41. The van der Waals surface area contributed by atoms with Crippen molar-refractivity contribution >= 4 is 27.5 Å². The van der Waals surface area contributed by atoms with E-state index in [-0.39, 0.29) is 5.82 Å². The Hall–Kier alpha value is -2.08. The maximum atomic E-state index is 13.0. The number of methoxy groups -OCH3 is 1. The average Bonchev–Trinajstić information content (AvgIpc) is 2.70. The largest absolute Gasteiger partial charge is 0.493 e. The maximum Gasteiger partial charge on any atom is 0.167 e. The van der Waals surface area contributed by atoms with Gasteiger partial charge in [-0.2, -0.15) is 0 Å². The number of hydrogen-bond donors (Lipinski definition) is 1. The minimum absolute atomic E-state index is 0.241. The first-order valence-electron chi connectivity index (χ1n) is 8.75. The number of nitrogens with one attached hydrogen (secondary N) is 1. The van der Waals surface area contributed by atoms with Crippen molar-refractivity contribution in [1.29, 1.82) is 0 Å². The second-order valence-corrected chi connectivity index (χ2v) is 7.43. The van der Waals surface area contributed by atoms with Crippen LogP contribution < -0.4 is 14.8 Å². The zero-order valence-corrected chi connectivity index (χ0v) is 17.7. The van der Waals surface area contributed by atoms with E-state index in [0.29, 0.717) is 36.2 Å². The fourth-order valence-electron chi connectivity index (χ4n) is 2.77. The van der Waals surface area contributed by atoms with E-state index >= 15 is 0 Å². The molecule has 0 aliphatic rings. The molecule has 0 aromatic heterocycles. The highest BCUT2D eigenvalue weighted by Crippen LogP contribution is 2.37. The van der Waals surface area contributed by atoms with Crippen LogP contribution in [0.5, 0.6) is 11.5 Å². The molecule has 3 aromatic carbocycles. The Morgan fingerprint density at radius 1 is 1.00 bits per heavy atom. The van der Waals surface area contributed by atoms with Crippen LogP contribution in [-0.2, 0) is 19.7 Å². The molecule has 0 atom stereocenters. The quantitative estimate of drug-likeness (QED) is 0.436. The lowest BCUT2D eigenvalue weighted by molar-refractivity contribution is 0.280. The highest BCUT2D eigenvalue weighted by atomic mass is 79.9. The Balaban J connectivity index is 1.75. The summed E-state index contributed by atoms with van der Waals surface area (Å²) >= 11 is 9.83. The third-order valence-corrected chi connectivity index (χ3v) is 5.37. The van der Waals surface area contributed by atoms with Gasteiger partial charge in [0.05, 0.1) is 7.11 Å². The first-order valence-corrected chi connectivity index (χ1v) is 9.92. The van der Waals surface area contributed by atoms with Gasteiger partial charge >= 0.3 is 0 Å². The summed E-state index contributed by atoms with van der Waals surface area (Å²) in [6.45, 7) is 1.48. The predicted octanol–water partition coefficient (Wildman–Crippen LogP) is 6.12. The molecule has 0 heterocycles. The van der Waals surface area contributed by atoms with Gasteiger partial charge < -0.3 is 14.8 Å². The molecule has 0 spiro atoms. The number of hydrogen-bond acceptors (Lipinski definition) is 3. The molecule has 28 heavy (non-hydrogen) atoms. The van der Waals surface area contributed by atoms with Gasteiger partial charge in [-0.25, -0.2) is 4.39 Å². The molecular formula is C22H20BrClFNO2. The molecule has 0 radical (unpaired) electrons. The van der Waals surface area contributed by atoms with E-state index in [2.05, 4.69) is 21.2 Å². The Morgan fingerprint density at radius 3 is 2.46 bits per heavy atom. The van der Waals surface area contributed by atoms with Gasteiger partial charge in [-0.05, 0) is 35.9 Å². The van der Waals surface area contributed by atoms with Crippen molar-refractivity contribution in [2.45, 2.75) is 19.7 Å². The van der Waals surface area contributed by atoms with E-state index < -0.39 is 0 Å². The zero-order valence-electron chi connectivity index (χ0n) is 15.3. The third-order valence-electron chi connectivity index (χ3n) is 4.26. The van der Waals surface area contributed by atoms with Gasteiger partial charge in [-0.1, -0.05) is 57.9 Å². The van der Waals surface area contributed by atoms with Crippen molar-refractivity contribution in [2.24, 2.45) is 0 Å². The first-order chi connectivity index (χ1) is 13.6. The molecule has 0 saturated heterocycles. The summed E-state index contributed by atoms with van der Waals surface area (Å²) in [6, 6.07) is 17.8. The van der Waals surface area contributed by atoms with Crippen molar-refractivity contribution in [3.63, 3.8) is 0 Å². The normalized spacial score (nSPS) is 10.7. The third kappa shape index (κ3) is 5.25. The first kappa shape index (κ1) is 20.6. The highest BCUT2D eigenvalue weighted by molar-refractivity contribution is 9.10. The minimum Gasteiger partial charge on any atom is -0.493 e. The minimum atomic E-state index is -0.241. The van der Waals surface area contributed by atoms with Crippen molar-refractivity contribution < 1.29 is 13.9 Å². The van der Waals surface area contributed by atoms with E-state index in [0.717, 1.165) is 21.2 Å². The monoisotopic (exact) mass is 463 g/mol. The van der Waals surface area contributed by atoms with Crippen molar-refractivity contribution in [1.82, 2.24) is 5.32 Å². The molecule has 0 bridgehead atoms. The summed E-state index contributed by atoms with van der Waals surface area (Å²) in [4.78, 5) is 0. The molecule has 3 rings (SSSR count). The van der Waals surface area contributed by atoms with Gasteiger partial charge in [-0.3, -0.25) is 0 Å². The molecule has 0 amide bonds. The lowest BCUT2D eigenvalue weighted by Crippen LogP contribution is -2.14. The van der Waals surface area contributed by atoms with E-state index in [1.807, 2.05) is 36.4 Å². The molecule has 146 valence electrons. The lowest BCUT2D eigenvalue weighted by Gasteiger charge is -2.17. The van der Waals surface area contributed by atoms with Crippen molar-refractivity contribution in [2.75, 3.05) is 7.11 Å².